The molecule has 0 aliphatic rings. The van der Waals surface area contributed by atoms with Crippen LogP contribution in [-0.2, 0) is 6.42 Å². The van der Waals surface area contributed by atoms with Crippen LogP contribution in [0.15, 0.2) is 41.8 Å². The van der Waals surface area contributed by atoms with E-state index in [0.717, 1.165) is 16.3 Å². The fourth-order valence-electron chi connectivity index (χ4n) is 1.90. The third-order valence-corrected chi connectivity index (χ3v) is 5.23. The maximum Gasteiger partial charge on any atom is 0.172 e. The second kappa shape index (κ2) is 6.28. The highest BCUT2D eigenvalue weighted by Gasteiger charge is 2.16. The van der Waals surface area contributed by atoms with Crippen LogP contribution < -0.4 is 0 Å². The Kier molecular flexibility index (Phi) is 4.40. The molecule has 0 radical (unpaired) electrons. The summed E-state index contributed by atoms with van der Waals surface area (Å²) in [4.78, 5) is 16.7. The lowest BCUT2D eigenvalue weighted by Gasteiger charge is -1.96. The Labute approximate surface area is 140 Å². The maximum atomic E-state index is 12.2. The number of hydrogen-bond acceptors (Lipinski definition) is 4. The zero-order valence-corrected chi connectivity index (χ0v) is 13.8. The monoisotopic (exact) mass is 353 g/mol. The quantitative estimate of drug-likeness (QED) is 0.571. The zero-order chi connectivity index (χ0) is 14.8. The van der Waals surface area contributed by atoms with E-state index in [-0.39, 0.29) is 12.2 Å². The van der Waals surface area contributed by atoms with Crippen LogP contribution >= 0.6 is 45.9 Å². The first-order valence-electron chi connectivity index (χ1n) is 6.11. The Balaban J connectivity index is 1.79. The second-order valence-electron chi connectivity index (χ2n) is 4.33. The Bertz CT molecular complexity index is 780. The van der Waals surface area contributed by atoms with Gasteiger partial charge >= 0.3 is 0 Å². The molecule has 0 saturated heterocycles. The normalized spacial score (nSPS) is 10.8. The van der Waals surface area contributed by atoms with Gasteiger partial charge in [0.25, 0.3) is 0 Å². The van der Waals surface area contributed by atoms with E-state index in [1.165, 1.54) is 22.7 Å². The van der Waals surface area contributed by atoms with Crippen molar-refractivity contribution in [2.24, 2.45) is 0 Å². The van der Waals surface area contributed by atoms with Crippen molar-refractivity contribution < 1.29 is 4.79 Å². The van der Waals surface area contributed by atoms with E-state index in [0.29, 0.717) is 14.2 Å². The van der Waals surface area contributed by atoms with Crippen molar-refractivity contribution in [3.63, 3.8) is 0 Å². The first-order valence-corrected chi connectivity index (χ1v) is 8.56. The first kappa shape index (κ1) is 14.7. The first-order chi connectivity index (χ1) is 10.1. The molecule has 2 aromatic heterocycles. The zero-order valence-electron chi connectivity index (χ0n) is 10.7. The summed E-state index contributed by atoms with van der Waals surface area (Å²) in [6, 6.07) is 11.5. The van der Waals surface area contributed by atoms with Gasteiger partial charge in [-0.05, 0) is 6.07 Å². The number of aromatic nitrogens is 1. The van der Waals surface area contributed by atoms with Crippen LogP contribution in [0, 0.1) is 0 Å². The van der Waals surface area contributed by atoms with E-state index in [4.69, 9.17) is 23.2 Å². The summed E-state index contributed by atoms with van der Waals surface area (Å²) in [5.41, 5.74) is 2.41. The molecule has 106 valence electrons. The van der Waals surface area contributed by atoms with E-state index < -0.39 is 0 Å². The molecule has 0 amide bonds. The maximum absolute atomic E-state index is 12.2. The van der Waals surface area contributed by atoms with Gasteiger partial charge in [-0.1, -0.05) is 53.5 Å². The van der Waals surface area contributed by atoms with Crippen LogP contribution in [0.3, 0.4) is 0 Å². The smallest absolute Gasteiger partial charge is 0.172 e. The molecule has 0 aliphatic heterocycles. The highest BCUT2D eigenvalue weighted by molar-refractivity contribution is 7.20. The van der Waals surface area contributed by atoms with Crippen LogP contribution in [0.2, 0.25) is 8.67 Å². The van der Waals surface area contributed by atoms with Crippen LogP contribution in [0.4, 0.5) is 0 Å². The summed E-state index contributed by atoms with van der Waals surface area (Å²) in [5, 5.41) is 2.73. The summed E-state index contributed by atoms with van der Waals surface area (Å²) in [7, 11) is 0. The number of halogens is 2. The number of benzene rings is 1. The molecule has 0 bridgehead atoms. The molecule has 0 saturated carbocycles. The van der Waals surface area contributed by atoms with E-state index in [1.807, 2.05) is 35.7 Å². The SMILES string of the molecule is O=C(Cc1nc(-c2ccccc2)cs1)c1cc(Cl)sc1Cl. The standard InChI is InChI=1S/C15H9Cl2NOS2/c16-13-6-10(15(17)21-13)12(19)7-14-18-11(8-20-14)9-4-2-1-3-5-9/h1-6,8H,7H2. The predicted octanol–water partition coefficient (Wildman–Crippen LogP) is 5.60. The van der Waals surface area contributed by atoms with Crippen molar-refractivity contribution in [3.05, 3.63) is 61.0 Å². The van der Waals surface area contributed by atoms with E-state index >= 15 is 0 Å². The summed E-state index contributed by atoms with van der Waals surface area (Å²) >= 11 is 14.5. The molecular weight excluding hydrogens is 345 g/mol. The third kappa shape index (κ3) is 3.35. The molecule has 3 rings (SSSR count). The van der Waals surface area contributed by atoms with Gasteiger partial charge in [-0.2, -0.15) is 0 Å². The largest absolute Gasteiger partial charge is 0.294 e. The van der Waals surface area contributed by atoms with Gasteiger partial charge in [0, 0.05) is 16.5 Å². The second-order valence-corrected chi connectivity index (χ2v) is 7.56. The van der Waals surface area contributed by atoms with E-state index in [2.05, 4.69) is 4.98 Å². The molecule has 0 atom stereocenters. The van der Waals surface area contributed by atoms with Crippen molar-refractivity contribution in [2.75, 3.05) is 0 Å². The number of ketones is 1. The number of Topliss-reactive ketones (excluding diaryl/α,β-unsaturated/α-hetero) is 1. The number of thiazole rings is 1. The van der Waals surface area contributed by atoms with Gasteiger partial charge in [0.1, 0.15) is 9.34 Å². The Morgan fingerprint density at radius 2 is 1.95 bits per heavy atom. The number of hydrogen-bond donors (Lipinski definition) is 0. The van der Waals surface area contributed by atoms with Gasteiger partial charge in [0.05, 0.1) is 16.5 Å². The summed E-state index contributed by atoms with van der Waals surface area (Å²) in [5.74, 6) is -0.0582. The predicted molar refractivity (Wildman–Crippen MR) is 89.9 cm³/mol. The Hall–Kier alpha value is -1.20. The highest BCUT2D eigenvalue weighted by atomic mass is 35.5. The number of thiophene rings is 1. The molecule has 0 N–H and O–H groups in total. The van der Waals surface area contributed by atoms with E-state index in [1.54, 1.807) is 6.07 Å². The van der Waals surface area contributed by atoms with Gasteiger partial charge < -0.3 is 0 Å². The van der Waals surface area contributed by atoms with E-state index in [9.17, 15) is 4.79 Å². The summed E-state index contributed by atoms with van der Waals surface area (Å²) in [6.07, 6.45) is 0.240. The van der Waals surface area contributed by atoms with Gasteiger partial charge in [0.15, 0.2) is 5.78 Å². The Morgan fingerprint density at radius 1 is 1.19 bits per heavy atom. The molecule has 2 heterocycles. The minimum absolute atomic E-state index is 0.0582. The van der Waals surface area contributed by atoms with Crippen molar-refractivity contribution >= 4 is 51.7 Å². The summed E-state index contributed by atoms with van der Waals surface area (Å²) < 4.78 is 0.956. The highest BCUT2D eigenvalue weighted by Crippen LogP contribution is 2.32. The fraction of sp³-hybridized carbons (Fsp3) is 0.0667. The third-order valence-electron chi connectivity index (χ3n) is 2.89. The van der Waals surface area contributed by atoms with Crippen LogP contribution in [0.25, 0.3) is 11.3 Å². The lowest BCUT2D eigenvalue weighted by atomic mass is 10.1. The minimum Gasteiger partial charge on any atom is -0.294 e. The average molecular weight is 354 g/mol. The molecule has 6 heteroatoms. The molecule has 0 fully saturated rings. The van der Waals surface area contributed by atoms with Crippen molar-refractivity contribution in [1.29, 1.82) is 0 Å². The average Bonchev–Trinajstić information content (AvgIpc) is 3.06. The molecule has 0 spiro atoms. The lowest BCUT2D eigenvalue weighted by Crippen LogP contribution is -2.02. The fourth-order valence-corrected chi connectivity index (χ4v) is 4.20. The van der Waals surface area contributed by atoms with Crippen molar-refractivity contribution in [2.45, 2.75) is 6.42 Å². The molecule has 0 aliphatic carbocycles. The minimum atomic E-state index is -0.0582. The van der Waals surface area contributed by atoms with Crippen LogP contribution in [0.1, 0.15) is 15.4 Å². The van der Waals surface area contributed by atoms with Crippen molar-refractivity contribution in [3.8, 4) is 11.3 Å². The van der Waals surface area contributed by atoms with Gasteiger partial charge in [0.2, 0.25) is 0 Å². The van der Waals surface area contributed by atoms with Crippen LogP contribution in [-0.4, -0.2) is 10.8 Å². The van der Waals surface area contributed by atoms with Gasteiger partial charge in [-0.3, -0.25) is 4.79 Å². The van der Waals surface area contributed by atoms with Gasteiger partial charge in [-0.15, -0.1) is 22.7 Å². The summed E-state index contributed by atoms with van der Waals surface area (Å²) in [6.45, 7) is 0. The number of nitrogens with zero attached hydrogens (tertiary/aromatic N) is 1. The molecule has 3 aromatic rings. The topological polar surface area (TPSA) is 30.0 Å². The molecule has 2 nitrogen and oxygen atoms in total. The Morgan fingerprint density at radius 3 is 2.62 bits per heavy atom. The van der Waals surface area contributed by atoms with Crippen molar-refractivity contribution in [1.82, 2.24) is 4.98 Å². The van der Waals surface area contributed by atoms with Gasteiger partial charge in [-0.25, -0.2) is 4.98 Å². The molecular formula is C15H9Cl2NOS2. The molecule has 21 heavy (non-hydrogen) atoms. The molecule has 0 unspecified atom stereocenters. The number of rotatable bonds is 4. The van der Waals surface area contributed by atoms with Crippen LogP contribution in [0.5, 0.6) is 0 Å². The molecule has 1 aromatic carbocycles. The lowest BCUT2D eigenvalue weighted by molar-refractivity contribution is 0.0993. The number of carbonyl (C=O) groups is 1. The number of carbonyl (C=O) groups excluding carboxylic acids is 1.